The number of rotatable bonds is 6. The van der Waals surface area contributed by atoms with Crippen molar-refractivity contribution in [1.29, 1.82) is 0 Å². The number of benzene rings is 4. The maximum atomic E-state index is 6.01. The van der Waals surface area contributed by atoms with E-state index in [1.54, 1.807) is 24.3 Å². The average molecular weight is 603 g/mol. The van der Waals surface area contributed by atoms with Crippen LogP contribution in [0.4, 0.5) is 28.4 Å². The van der Waals surface area contributed by atoms with Gasteiger partial charge in [-0.15, -0.1) is 10.2 Å². The van der Waals surface area contributed by atoms with E-state index in [0.29, 0.717) is 10.6 Å². The Bertz CT molecular complexity index is 1440. The van der Waals surface area contributed by atoms with Crippen LogP contribution >= 0.6 is 39.7 Å². The van der Waals surface area contributed by atoms with Gasteiger partial charge in [-0.1, -0.05) is 38.0 Å². The monoisotopic (exact) mass is 601 g/mol. The first-order valence-electron chi connectivity index (χ1n) is 12.7. The fourth-order valence-corrected chi connectivity index (χ4v) is 4.91. The fraction of sp³-hybridized carbons (Fsp3) is 0.267. The number of anilines is 1. The molecule has 4 rings (SSSR count). The molecule has 0 fully saturated rings. The predicted octanol–water partition coefficient (Wildman–Crippen LogP) is 13.2. The molecule has 0 aliphatic rings. The van der Waals surface area contributed by atoms with Crippen LogP contribution in [0.2, 0.25) is 0 Å². The van der Waals surface area contributed by atoms with E-state index in [1.807, 2.05) is 55.5 Å². The highest BCUT2D eigenvalue weighted by molar-refractivity contribution is 8.79. The highest BCUT2D eigenvalue weighted by atomic mass is 36.2. The Morgan fingerprint density at radius 2 is 1.15 bits per heavy atom. The van der Waals surface area contributed by atoms with E-state index in [1.165, 1.54) is 6.42 Å². The molecule has 9 heteroatoms. The van der Waals surface area contributed by atoms with Gasteiger partial charge in [-0.2, -0.15) is 10.2 Å². The molecule has 206 valence electrons. The van der Waals surface area contributed by atoms with Crippen LogP contribution in [0.5, 0.6) is 0 Å². The molecule has 4 aromatic carbocycles. The first kappa shape index (κ1) is 30.9. The quantitative estimate of drug-likeness (QED) is 0.219. The number of fused-ring (bicyclic) bond motifs is 1. The number of nitrogens with zero attached hydrogens (tertiary/aromatic N) is 4. The summed E-state index contributed by atoms with van der Waals surface area (Å²) in [5.74, 6) is 0. The van der Waals surface area contributed by atoms with E-state index in [0.717, 1.165) is 39.1 Å². The molecule has 0 saturated carbocycles. The summed E-state index contributed by atoms with van der Waals surface area (Å²) in [6.07, 6.45) is 1.25. The zero-order chi connectivity index (χ0) is 28.6. The van der Waals surface area contributed by atoms with Crippen LogP contribution in [0.25, 0.3) is 10.8 Å². The zero-order valence-corrected chi connectivity index (χ0v) is 26.1. The molecule has 0 radical (unpaired) electrons. The SMILES string of the molecule is CCC.Cc1ccc2c(N=Nc3ccc(NC(C)(C)C)cc3)ccc(N=Nc3ccc(S(Cl)(Cl)Cl)cc3)c2c1. The van der Waals surface area contributed by atoms with Gasteiger partial charge in [0.1, 0.15) is 0 Å². The van der Waals surface area contributed by atoms with Crippen molar-refractivity contribution < 1.29 is 0 Å². The van der Waals surface area contributed by atoms with E-state index in [9.17, 15) is 0 Å². The molecule has 4 aromatic rings. The molecule has 0 aromatic heterocycles. The third-order valence-corrected chi connectivity index (χ3v) is 7.57. The molecule has 39 heavy (non-hydrogen) atoms. The van der Waals surface area contributed by atoms with E-state index in [2.05, 4.69) is 66.5 Å². The second-order valence-corrected chi connectivity index (χ2v) is 17.0. The highest BCUT2D eigenvalue weighted by Gasteiger charge is 2.16. The normalized spacial score (nSPS) is 12.5. The Labute approximate surface area is 246 Å². The summed E-state index contributed by atoms with van der Waals surface area (Å²) in [5.41, 5.74) is 5.09. The molecular weight excluding hydrogens is 569 g/mol. The minimum atomic E-state index is -2.34. The van der Waals surface area contributed by atoms with Gasteiger partial charge in [0.25, 0.3) is 0 Å². The van der Waals surface area contributed by atoms with Crippen molar-refractivity contribution in [3.8, 4) is 0 Å². The largest absolute Gasteiger partial charge is 0.380 e. The molecule has 1 N–H and O–H groups in total. The van der Waals surface area contributed by atoms with Crippen LogP contribution < -0.4 is 5.32 Å². The van der Waals surface area contributed by atoms with Crippen LogP contribution in [0.1, 0.15) is 46.6 Å². The van der Waals surface area contributed by atoms with Crippen molar-refractivity contribution in [2.75, 3.05) is 5.32 Å². The minimum absolute atomic E-state index is 0.00594. The van der Waals surface area contributed by atoms with Gasteiger partial charge >= 0.3 is 0 Å². The lowest BCUT2D eigenvalue weighted by atomic mass is 10.0. The lowest BCUT2D eigenvalue weighted by Crippen LogP contribution is -2.25. The van der Waals surface area contributed by atoms with Crippen molar-refractivity contribution in [3.63, 3.8) is 0 Å². The number of hydrogen-bond acceptors (Lipinski definition) is 5. The topological polar surface area (TPSA) is 61.5 Å². The number of azo groups is 2. The van der Waals surface area contributed by atoms with E-state index in [-0.39, 0.29) is 5.54 Å². The molecule has 0 unspecified atom stereocenters. The van der Waals surface area contributed by atoms with Crippen LogP contribution in [0, 0.1) is 6.92 Å². The molecule has 0 saturated heterocycles. The third-order valence-electron chi connectivity index (χ3n) is 5.16. The molecule has 0 aliphatic heterocycles. The summed E-state index contributed by atoms with van der Waals surface area (Å²) >= 11 is 0. The van der Waals surface area contributed by atoms with Crippen molar-refractivity contribution in [2.45, 2.75) is 58.4 Å². The molecule has 0 aliphatic carbocycles. The summed E-state index contributed by atoms with van der Waals surface area (Å²) in [6, 6.07) is 24.9. The number of nitrogens with one attached hydrogen (secondary N) is 1. The van der Waals surface area contributed by atoms with E-state index >= 15 is 0 Å². The molecule has 0 spiro atoms. The summed E-state index contributed by atoms with van der Waals surface area (Å²) in [7, 11) is 15.7. The first-order chi connectivity index (χ1) is 18.4. The summed E-state index contributed by atoms with van der Waals surface area (Å²) < 4.78 is 0. The second kappa shape index (κ2) is 13.6. The van der Waals surface area contributed by atoms with Gasteiger partial charge in [0, 0.05) is 34.6 Å². The van der Waals surface area contributed by atoms with E-state index < -0.39 is 7.67 Å². The van der Waals surface area contributed by atoms with Gasteiger partial charge in [0.05, 0.1) is 22.7 Å². The standard InChI is InChI=1S/C27H26Cl3N5S.C3H8/c1-18-5-14-23-24(17-18)26(35-33-21-10-12-22(13-11-21)36(28,29)30)16-15-25(23)34-32-20-8-6-19(7-9-20)31-27(2,3)4;1-3-2/h5-17,31H,1-4H3;3H2,1-2H3. The van der Waals surface area contributed by atoms with Crippen molar-refractivity contribution in [2.24, 2.45) is 20.5 Å². The van der Waals surface area contributed by atoms with Gasteiger partial charge in [-0.05, 0) is 126 Å². The molecule has 0 bridgehead atoms. The average Bonchev–Trinajstić information content (AvgIpc) is 2.86. The van der Waals surface area contributed by atoms with Gasteiger partial charge in [0.15, 0.2) is 0 Å². The van der Waals surface area contributed by atoms with Crippen LogP contribution in [-0.4, -0.2) is 5.54 Å². The van der Waals surface area contributed by atoms with Gasteiger partial charge in [0.2, 0.25) is 0 Å². The lowest BCUT2D eigenvalue weighted by Gasteiger charge is -2.22. The molecular formula is C30H34Cl3N5S. The smallest absolute Gasteiger partial charge is 0.0937 e. The molecule has 0 amide bonds. The third kappa shape index (κ3) is 9.50. The summed E-state index contributed by atoms with van der Waals surface area (Å²) in [4.78, 5) is 0.655. The second-order valence-electron chi connectivity index (χ2n) is 10.1. The van der Waals surface area contributed by atoms with Crippen molar-refractivity contribution >= 4 is 78.9 Å². The van der Waals surface area contributed by atoms with Crippen LogP contribution in [0.15, 0.2) is 104 Å². The molecule has 0 atom stereocenters. The first-order valence-corrected chi connectivity index (χ1v) is 16.8. The van der Waals surface area contributed by atoms with Gasteiger partial charge < -0.3 is 5.32 Å². The Balaban J connectivity index is 0.00000134. The Kier molecular flexibility index (Phi) is 10.8. The maximum absolute atomic E-state index is 6.01. The maximum Gasteiger partial charge on any atom is 0.0937 e. The Morgan fingerprint density at radius 1 is 0.667 bits per heavy atom. The number of hydrogen-bond donors (Lipinski definition) is 1. The van der Waals surface area contributed by atoms with E-state index in [4.69, 9.17) is 32.0 Å². The number of aryl methyl sites for hydroxylation is 1. The van der Waals surface area contributed by atoms with Crippen LogP contribution in [-0.2, 0) is 0 Å². The lowest BCUT2D eigenvalue weighted by molar-refractivity contribution is 0.634. The van der Waals surface area contributed by atoms with Gasteiger partial charge in [-0.25, -0.2) is 0 Å². The van der Waals surface area contributed by atoms with Crippen LogP contribution in [0.3, 0.4) is 0 Å². The number of halogens is 3. The minimum Gasteiger partial charge on any atom is -0.380 e. The Morgan fingerprint density at radius 3 is 1.64 bits per heavy atom. The summed E-state index contributed by atoms with van der Waals surface area (Å²) in [6.45, 7) is 12.7. The molecule has 5 nitrogen and oxygen atoms in total. The fourth-order valence-electron chi connectivity index (χ4n) is 3.54. The van der Waals surface area contributed by atoms with Crippen molar-refractivity contribution in [3.05, 3.63) is 84.4 Å². The van der Waals surface area contributed by atoms with Crippen molar-refractivity contribution in [1.82, 2.24) is 0 Å². The Hall–Kier alpha value is -2.64. The highest BCUT2D eigenvalue weighted by Crippen LogP contribution is 2.69. The predicted molar refractivity (Wildman–Crippen MR) is 173 cm³/mol. The zero-order valence-electron chi connectivity index (χ0n) is 23.0. The van der Waals surface area contributed by atoms with Gasteiger partial charge in [-0.3, -0.25) is 0 Å². The summed E-state index contributed by atoms with van der Waals surface area (Å²) in [5, 5.41) is 23.2. The molecule has 0 heterocycles.